The third-order valence-corrected chi connectivity index (χ3v) is 9.05. The first-order valence-corrected chi connectivity index (χ1v) is 13.4. The lowest BCUT2D eigenvalue weighted by Gasteiger charge is -2.25. The van der Waals surface area contributed by atoms with Gasteiger partial charge in [0.1, 0.15) is 0 Å². The molecule has 0 heterocycles. The Kier molecular flexibility index (Phi) is 6.64. The van der Waals surface area contributed by atoms with Gasteiger partial charge < -0.3 is 0 Å². The molecule has 6 nitrogen and oxygen atoms in total. The van der Waals surface area contributed by atoms with E-state index in [0.717, 1.165) is 26.6 Å². The summed E-state index contributed by atoms with van der Waals surface area (Å²) in [6.07, 6.45) is 0. The average molecular weight is 487 g/mol. The first-order chi connectivity index (χ1) is 15.3. The van der Waals surface area contributed by atoms with Crippen molar-refractivity contribution in [2.24, 2.45) is 0 Å². The molecular weight excluding hydrogens is 456 g/mol. The fourth-order valence-electron chi connectivity index (χ4n) is 4.11. The quantitative estimate of drug-likeness (QED) is 0.521. The summed E-state index contributed by atoms with van der Waals surface area (Å²) in [5.41, 5.74) is 5.53. The Morgan fingerprint density at radius 1 is 0.697 bits per heavy atom. The normalized spacial score (nSPS) is 12.0. The molecule has 0 aliphatic rings. The van der Waals surface area contributed by atoms with Gasteiger partial charge in [0.2, 0.25) is 0 Å². The Morgan fingerprint density at radius 3 is 1.79 bits per heavy atom. The van der Waals surface area contributed by atoms with Crippen LogP contribution in [-0.2, 0) is 20.0 Å². The van der Waals surface area contributed by atoms with Crippen LogP contribution in [0.4, 0.5) is 11.4 Å². The highest BCUT2D eigenvalue weighted by molar-refractivity contribution is 7.93. The molecule has 0 atom stereocenters. The van der Waals surface area contributed by atoms with Gasteiger partial charge in [-0.15, -0.1) is 0 Å². The fourth-order valence-corrected chi connectivity index (χ4v) is 6.88. The van der Waals surface area contributed by atoms with E-state index in [4.69, 9.17) is 0 Å². The van der Waals surface area contributed by atoms with Gasteiger partial charge in [0.15, 0.2) is 0 Å². The van der Waals surface area contributed by atoms with Crippen molar-refractivity contribution in [3.63, 3.8) is 0 Å². The second-order valence-corrected chi connectivity index (χ2v) is 12.1. The predicted molar refractivity (Wildman–Crippen MR) is 134 cm³/mol. The van der Waals surface area contributed by atoms with E-state index in [9.17, 15) is 16.8 Å². The summed E-state index contributed by atoms with van der Waals surface area (Å²) < 4.78 is 57.2. The highest BCUT2D eigenvalue weighted by atomic mass is 32.2. The number of hydrogen-bond donors (Lipinski definition) is 1. The number of sulfonamides is 2. The van der Waals surface area contributed by atoms with E-state index in [-0.39, 0.29) is 9.79 Å². The maximum absolute atomic E-state index is 13.4. The van der Waals surface area contributed by atoms with Gasteiger partial charge in [0.25, 0.3) is 20.0 Å². The summed E-state index contributed by atoms with van der Waals surface area (Å²) in [6, 6.07) is 13.6. The summed E-state index contributed by atoms with van der Waals surface area (Å²) in [4.78, 5) is 0.181. The number of anilines is 2. The molecule has 176 valence electrons. The van der Waals surface area contributed by atoms with Crippen LogP contribution in [0.25, 0.3) is 0 Å². The van der Waals surface area contributed by atoms with Crippen LogP contribution in [0, 0.1) is 41.5 Å². The van der Waals surface area contributed by atoms with E-state index < -0.39 is 20.0 Å². The summed E-state index contributed by atoms with van der Waals surface area (Å²) in [5.74, 6) is 0. The highest BCUT2D eigenvalue weighted by Crippen LogP contribution is 2.34. The summed E-state index contributed by atoms with van der Waals surface area (Å²) >= 11 is 0. The van der Waals surface area contributed by atoms with Gasteiger partial charge in [-0.1, -0.05) is 41.5 Å². The van der Waals surface area contributed by atoms with E-state index in [1.54, 1.807) is 44.2 Å². The predicted octanol–water partition coefficient (Wildman–Crippen LogP) is 5.16. The van der Waals surface area contributed by atoms with E-state index in [1.807, 2.05) is 39.8 Å². The molecule has 0 aromatic heterocycles. The number of rotatable bonds is 6. The van der Waals surface area contributed by atoms with Crippen molar-refractivity contribution in [3.05, 3.63) is 81.9 Å². The van der Waals surface area contributed by atoms with Crippen LogP contribution in [0.3, 0.4) is 0 Å². The van der Waals surface area contributed by atoms with Gasteiger partial charge in [0, 0.05) is 7.05 Å². The van der Waals surface area contributed by atoms with E-state index in [1.165, 1.54) is 13.1 Å². The molecule has 0 saturated heterocycles. The third kappa shape index (κ3) is 4.77. The van der Waals surface area contributed by atoms with Crippen molar-refractivity contribution in [3.8, 4) is 0 Å². The Labute approximate surface area is 197 Å². The molecule has 1 N–H and O–H groups in total. The van der Waals surface area contributed by atoms with E-state index >= 15 is 0 Å². The van der Waals surface area contributed by atoms with Crippen LogP contribution in [0.1, 0.15) is 33.4 Å². The second kappa shape index (κ2) is 8.83. The molecule has 0 fully saturated rings. The molecule has 0 unspecified atom stereocenters. The Morgan fingerprint density at radius 2 is 1.24 bits per heavy atom. The zero-order chi connectivity index (χ0) is 24.7. The highest BCUT2D eigenvalue weighted by Gasteiger charge is 2.28. The molecule has 0 saturated carbocycles. The summed E-state index contributed by atoms with van der Waals surface area (Å²) in [5, 5.41) is 0. The maximum Gasteiger partial charge on any atom is 0.264 e. The molecule has 3 aromatic rings. The Hall–Kier alpha value is -2.84. The number of benzene rings is 3. The maximum atomic E-state index is 13.4. The first-order valence-electron chi connectivity index (χ1n) is 10.5. The SMILES string of the molecule is Cc1ccc(S(=O)(=O)N(C)c2c(C)ccc(S(=O)(=O)Nc3c(C)cc(C)cc3C)c2C)cc1. The third-order valence-electron chi connectivity index (χ3n) is 5.78. The standard InChI is InChI=1S/C25H30N2O4S2/c1-16-8-11-22(12-9-16)33(30,31)27(7)25-18(3)10-13-23(21(25)6)32(28,29)26-24-19(4)14-17(2)15-20(24)5/h8-15,26H,1-7H3. The minimum atomic E-state index is -3.96. The van der Waals surface area contributed by atoms with Crippen molar-refractivity contribution in [2.45, 2.75) is 51.3 Å². The van der Waals surface area contributed by atoms with Crippen molar-refractivity contribution in [2.75, 3.05) is 16.1 Å². The van der Waals surface area contributed by atoms with E-state index in [0.29, 0.717) is 22.5 Å². The van der Waals surface area contributed by atoms with Gasteiger partial charge in [-0.05, 0) is 82.0 Å². The molecule has 3 aromatic carbocycles. The minimum absolute atomic E-state index is 0.0356. The molecule has 0 radical (unpaired) electrons. The van der Waals surface area contributed by atoms with E-state index in [2.05, 4.69) is 4.72 Å². The zero-order valence-electron chi connectivity index (χ0n) is 20.0. The molecule has 0 aliphatic carbocycles. The van der Waals surface area contributed by atoms with Crippen molar-refractivity contribution in [1.29, 1.82) is 0 Å². The molecular formula is C25H30N2O4S2. The van der Waals surface area contributed by atoms with Gasteiger partial charge in [-0.25, -0.2) is 16.8 Å². The van der Waals surface area contributed by atoms with Gasteiger partial charge >= 0.3 is 0 Å². The van der Waals surface area contributed by atoms with Crippen LogP contribution < -0.4 is 9.03 Å². The van der Waals surface area contributed by atoms with Crippen LogP contribution in [0.15, 0.2) is 58.3 Å². The van der Waals surface area contributed by atoms with Crippen LogP contribution in [0.2, 0.25) is 0 Å². The average Bonchev–Trinajstić information content (AvgIpc) is 2.70. The lowest BCUT2D eigenvalue weighted by atomic mass is 10.1. The number of hydrogen-bond acceptors (Lipinski definition) is 4. The lowest BCUT2D eigenvalue weighted by Crippen LogP contribution is -2.28. The molecule has 3 rings (SSSR count). The smallest absolute Gasteiger partial charge is 0.264 e. The monoisotopic (exact) mass is 486 g/mol. The molecule has 33 heavy (non-hydrogen) atoms. The Balaban J connectivity index is 2.10. The number of aryl methyl sites for hydroxylation is 5. The lowest BCUT2D eigenvalue weighted by molar-refractivity contribution is 0.592. The zero-order valence-corrected chi connectivity index (χ0v) is 21.6. The summed E-state index contributed by atoms with van der Waals surface area (Å²) in [7, 11) is -6.39. The molecule has 0 aliphatic heterocycles. The van der Waals surface area contributed by atoms with Crippen molar-refractivity contribution >= 4 is 31.4 Å². The van der Waals surface area contributed by atoms with Crippen molar-refractivity contribution in [1.82, 2.24) is 0 Å². The summed E-state index contributed by atoms with van der Waals surface area (Å²) in [6.45, 7) is 10.9. The van der Waals surface area contributed by atoms with Crippen LogP contribution >= 0.6 is 0 Å². The molecule has 0 amide bonds. The van der Waals surface area contributed by atoms with Gasteiger partial charge in [-0.2, -0.15) is 0 Å². The van der Waals surface area contributed by atoms with Crippen LogP contribution in [0.5, 0.6) is 0 Å². The largest absolute Gasteiger partial charge is 0.279 e. The Bertz CT molecular complexity index is 1400. The number of nitrogens with one attached hydrogen (secondary N) is 1. The fraction of sp³-hybridized carbons (Fsp3) is 0.280. The first kappa shape index (κ1) is 24.8. The minimum Gasteiger partial charge on any atom is -0.279 e. The topological polar surface area (TPSA) is 83.6 Å². The number of nitrogens with zero attached hydrogens (tertiary/aromatic N) is 1. The van der Waals surface area contributed by atoms with Crippen molar-refractivity contribution < 1.29 is 16.8 Å². The van der Waals surface area contributed by atoms with Crippen LogP contribution in [-0.4, -0.2) is 23.9 Å². The molecule has 0 bridgehead atoms. The van der Waals surface area contributed by atoms with Gasteiger partial charge in [0.05, 0.1) is 21.2 Å². The molecule has 0 spiro atoms. The van der Waals surface area contributed by atoms with Gasteiger partial charge in [-0.3, -0.25) is 9.03 Å². The molecule has 8 heteroatoms. The second-order valence-electron chi connectivity index (χ2n) is 8.52.